The van der Waals surface area contributed by atoms with Crippen LogP contribution in [0.4, 0.5) is 20.2 Å². The van der Waals surface area contributed by atoms with Crippen LogP contribution < -0.4 is 16.4 Å². The second-order valence-electron chi connectivity index (χ2n) is 6.88. The normalized spacial score (nSPS) is 15.5. The molecule has 0 saturated carbocycles. The number of hydrogen-bond acceptors (Lipinski definition) is 4. The highest BCUT2D eigenvalue weighted by Gasteiger charge is 2.34. The van der Waals surface area contributed by atoms with Gasteiger partial charge in [-0.25, -0.2) is 8.78 Å². The quantitative estimate of drug-likeness (QED) is 0.428. The van der Waals surface area contributed by atoms with Gasteiger partial charge >= 0.3 is 0 Å². The van der Waals surface area contributed by atoms with Crippen molar-refractivity contribution in [1.82, 2.24) is 5.32 Å². The van der Waals surface area contributed by atoms with Crippen LogP contribution >= 0.6 is 0 Å². The molecule has 0 saturated heterocycles. The van der Waals surface area contributed by atoms with Crippen LogP contribution in [-0.2, 0) is 9.59 Å². The van der Waals surface area contributed by atoms with E-state index in [2.05, 4.69) is 10.6 Å². The van der Waals surface area contributed by atoms with E-state index in [0.29, 0.717) is 5.56 Å². The summed E-state index contributed by atoms with van der Waals surface area (Å²) in [6.07, 6.45) is 0.830. The topological polar surface area (TPSA) is 108 Å². The predicted octanol–water partition coefficient (Wildman–Crippen LogP) is 4.40. The Morgan fingerprint density at radius 2 is 1.94 bits per heavy atom. The van der Waals surface area contributed by atoms with E-state index in [4.69, 9.17) is 11.1 Å². The molecule has 0 radical (unpaired) electrons. The van der Waals surface area contributed by atoms with Crippen LogP contribution in [0.15, 0.2) is 41.6 Å². The Morgan fingerprint density at radius 3 is 2.58 bits per heavy atom. The van der Waals surface area contributed by atoms with Gasteiger partial charge in [0.2, 0.25) is 5.91 Å². The minimum atomic E-state index is -0.817. The highest BCUT2D eigenvalue weighted by molar-refractivity contribution is 6.07. The van der Waals surface area contributed by atoms with E-state index >= 15 is 0 Å². The fourth-order valence-electron chi connectivity index (χ4n) is 3.43. The van der Waals surface area contributed by atoms with E-state index in [0.717, 1.165) is 12.3 Å². The van der Waals surface area contributed by atoms with Crippen LogP contribution in [0.1, 0.15) is 49.8 Å². The first-order chi connectivity index (χ1) is 14.7. The maximum Gasteiger partial charge on any atom is 0.254 e. The first-order valence-electron chi connectivity index (χ1n) is 9.89. The third-order valence-electron chi connectivity index (χ3n) is 4.89. The number of nitrogens with two attached hydrogens (primary N) is 1. The summed E-state index contributed by atoms with van der Waals surface area (Å²) in [7, 11) is 0. The van der Waals surface area contributed by atoms with Crippen molar-refractivity contribution in [3.63, 3.8) is 0 Å². The third kappa shape index (κ3) is 4.96. The molecule has 2 amide bonds. The number of anilines is 2. The summed E-state index contributed by atoms with van der Waals surface area (Å²) in [6, 6.07) is 7.04. The van der Waals surface area contributed by atoms with Gasteiger partial charge < -0.3 is 21.8 Å². The third-order valence-corrected chi connectivity index (χ3v) is 4.89. The van der Waals surface area contributed by atoms with E-state index in [9.17, 15) is 18.4 Å². The first-order valence-corrected chi connectivity index (χ1v) is 9.89. The summed E-state index contributed by atoms with van der Waals surface area (Å²) in [5.41, 5.74) is 6.81. The van der Waals surface area contributed by atoms with E-state index in [1.165, 1.54) is 19.1 Å². The van der Waals surface area contributed by atoms with Crippen molar-refractivity contribution >= 4 is 29.4 Å². The lowest BCUT2D eigenvalue weighted by Gasteiger charge is -2.28. The summed E-state index contributed by atoms with van der Waals surface area (Å²) in [6.45, 7) is 7.13. The number of benzene rings is 2. The van der Waals surface area contributed by atoms with Crippen molar-refractivity contribution in [1.29, 1.82) is 5.41 Å². The number of carbonyl (C=O) groups is 2. The molecule has 0 fully saturated rings. The average molecular weight is 428 g/mol. The Morgan fingerprint density at radius 1 is 1.26 bits per heavy atom. The van der Waals surface area contributed by atoms with E-state index in [1.807, 2.05) is 13.8 Å². The van der Waals surface area contributed by atoms with Crippen molar-refractivity contribution in [3.8, 4) is 0 Å². The molecule has 2 aromatic carbocycles. The minimum absolute atomic E-state index is 0.0653. The monoisotopic (exact) mass is 428 g/mol. The summed E-state index contributed by atoms with van der Waals surface area (Å²) in [5.74, 6) is -3.08. The smallest absolute Gasteiger partial charge is 0.254 e. The molecule has 1 unspecified atom stereocenters. The molecular formula is C23H26F2N4O2. The van der Waals surface area contributed by atoms with E-state index in [1.54, 1.807) is 19.1 Å². The summed E-state index contributed by atoms with van der Waals surface area (Å²) in [5, 5.41) is 12.4. The van der Waals surface area contributed by atoms with Gasteiger partial charge in [0.1, 0.15) is 11.6 Å². The molecule has 6 nitrogen and oxygen atoms in total. The molecule has 5 N–H and O–H groups in total. The Balaban J connectivity index is 0.00000166. The number of carbonyl (C=O) groups excluding carboxylic acids is 2. The largest absolute Gasteiger partial charge is 0.398 e. The van der Waals surface area contributed by atoms with Gasteiger partial charge in [-0.1, -0.05) is 32.0 Å². The van der Waals surface area contributed by atoms with Crippen LogP contribution in [0.5, 0.6) is 0 Å². The molecule has 3 rings (SSSR count). The van der Waals surface area contributed by atoms with E-state index < -0.39 is 23.5 Å². The van der Waals surface area contributed by atoms with Gasteiger partial charge in [-0.15, -0.1) is 0 Å². The Bertz CT molecular complexity index is 1060. The maximum atomic E-state index is 14.7. The molecule has 164 valence electrons. The zero-order valence-corrected chi connectivity index (χ0v) is 17.9. The number of nitrogens with one attached hydrogen (secondary N) is 3. The number of hydrogen-bond donors (Lipinski definition) is 4. The van der Waals surface area contributed by atoms with Crippen LogP contribution in [0.25, 0.3) is 0 Å². The zero-order valence-electron chi connectivity index (χ0n) is 17.9. The minimum Gasteiger partial charge on any atom is -0.398 e. The summed E-state index contributed by atoms with van der Waals surface area (Å²) < 4.78 is 29.0. The molecule has 1 aliphatic heterocycles. The van der Waals surface area contributed by atoms with Crippen LogP contribution in [0.3, 0.4) is 0 Å². The molecule has 31 heavy (non-hydrogen) atoms. The van der Waals surface area contributed by atoms with Crippen molar-refractivity contribution < 1.29 is 18.4 Å². The Labute approximate surface area is 180 Å². The fraction of sp³-hybridized carbons (Fsp3) is 0.261. The standard InChI is InChI=1S/C21H20F2N4O2.C2H6/c1-10-4-3-5-13(20(10)23)14-7-18(28)26-11(2)19(14)21(29)27-17-6-12(9-24)16(25)8-15(17)22;1-2/h3-6,8-9,14,24H,7,25H2,1-2H3,(H,26,28)(H,27,29);1-2H3. The molecule has 0 aromatic heterocycles. The second kappa shape index (κ2) is 9.97. The van der Waals surface area contributed by atoms with Gasteiger partial charge in [0.05, 0.1) is 5.69 Å². The van der Waals surface area contributed by atoms with Gasteiger partial charge in [-0.3, -0.25) is 9.59 Å². The molecule has 8 heteroatoms. The number of aryl methyl sites for hydroxylation is 1. The Hall–Kier alpha value is -3.55. The second-order valence-corrected chi connectivity index (χ2v) is 6.88. The molecule has 0 spiro atoms. The number of allylic oxidation sites excluding steroid dienone is 1. The molecule has 1 aliphatic rings. The van der Waals surface area contributed by atoms with Gasteiger partial charge in [-0.05, 0) is 37.1 Å². The highest BCUT2D eigenvalue weighted by atomic mass is 19.1. The van der Waals surface area contributed by atoms with Gasteiger partial charge in [0, 0.05) is 41.1 Å². The molecule has 0 aliphatic carbocycles. The van der Waals surface area contributed by atoms with Crippen molar-refractivity contribution in [2.45, 2.75) is 40.0 Å². The molecule has 0 bridgehead atoms. The fourth-order valence-corrected chi connectivity index (χ4v) is 3.43. The maximum absolute atomic E-state index is 14.7. The van der Waals surface area contributed by atoms with E-state index in [-0.39, 0.29) is 46.1 Å². The Kier molecular flexibility index (Phi) is 7.63. The number of halogens is 2. The first kappa shape index (κ1) is 23.7. The lowest BCUT2D eigenvalue weighted by Crippen LogP contribution is -2.35. The number of nitrogen functional groups attached to an aromatic ring is 1. The highest BCUT2D eigenvalue weighted by Crippen LogP contribution is 2.36. The predicted molar refractivity (Wildman–Crippen MR) is 118 cm³/mol. The van der Waals surface area contributed by atoms with Crippen molar-refractivity contribution in [3.05, 3.63) is 69.9 Å². The number of rotatable bonds is 4. The average Bonchev–Trinajstić information content (AvgIpc) is 2.72. The number of amides is 2. The molecule has 1 atom stereocenters. The zero-order chi connectivity index (χ0) is 23.3. The summed E-state index contributed by atoms with van der Waals surface area (Å²) in [4.78, 5) is 25.1. The summed E-state index contributed by atoms with van der Waals surface area (Å²) >= 11 is 0. The van der Waals surface area contributed by atoms with Gasteiger partial charge in [0.15, 0.2) is 0 Å². The van der Waals surface area contributed by atoms with Gasteiger partial charge in [-0.2, -0.15) is 0 Å². The SMILES string of the molecule is CC.CC1=C(C(=O)Nc2cc(C=N)c(N)cc2F)C(c2cccc(C)c2F)CC(=O)N1. The lowest BCUT2D eigenvalue weighted by molar-refractivity contribution is -0.121. The van der Waals surface area contributed by atoms with Crippen LogP contribution in [-0.4, -0.2) is 18.0 Å². The van der Waals surface area contributed by atoms with Crippen LogP contribution in [0.2, 0.25) is 0 Å². The molecular weight excluding hydrogens is 402 g/mol. The van der Waals surface area contributed by atoms with Gasteiger partial charge in [0.25, 0.3) is 5.91 Å². The lowest BCUT2D eigenvalue weighted by atomic mass is 9.83. The molecule has 1 heterocycles. The molecule has 2 aromatic rings. The van der Waals surface area contributed by atoms with Crippen LogP contribution in [0, 0.1) is 24.0 Å². The van der Waals surface area contributed by atoms with Crippen molar-refractivity contribution in [2.75, 3.05) is 11.1 Å². The van der Waals surface area contributed by atoms with Crippen molar-refractivity contribution in [2.24, 2.45) is 0 Å².